The molecule has 5 unspecified atom stereocenters. The first-order valence-corrected chi connectivity index (χ1v) is 13.9. The van der Waals surface area contributed by atoms with E-state index in [1.165, 1.54) is 5.56 Å². The molecule has 5 atom stereocenters. The zero-order valence-electron chi connectivity index (χ0n) is 21.4. The fourth-order valence-corrected chi connectivity index (χ4v) is 7.13. The van der Waals surface area contributed by atoms with Gasteiger partial charge in [-0.1, -0.05) is 96.9 Å². The van der Waals surface area contributed by atoms with Crippen molar-refractivity contribution in [3.63, 3.8) is 0 Å². The van der Waals surface area contributed by atoms with Crippen molar-refractivity contribution in [2.75, 3.05) is 19.6 Å². The number of piperidine rings is 1. The minimum atomic E-state index is -1.05. The molecule has 2 heterocycles. The van der Waals surface area contributed by atoms with Crippen molar-refractivity contribution in [2.45, 2.75) is 31.2 Å². The van der Waals surface area contributed by atoms with E-state index in [1.807, 2.05) is 60.7 Å². The maximum Gasteiger partial charge on any atom is 0.229 e. The van der Waals surface area contributed by atoms with Crippen LogP contribution in [0.3, 0.4) is 0 Å². The van der Waals surface area contributed by atoms with Gasteiger partial charge in [-0.25, -0.2) is 0 Å². The number of halogens is 2. The van der Waals surface area contributed by atoms with Gasteiger partial charge in [0.15, 0.2) is 0 Å². The molecular formula is C31H33Cl2N3O2. The summed E-state index contributed by atoms with van der Waals surface area (Å²) in [6.07, 6.45) is 0.746. The van der Waals surface area contributed by atoms with Crippen molar-refractivity contribution in [3.05, 3.63) is 106 Å². The topological polar surface area (TPSA) is 75.4 Å². The fraction of sp³-hybridized carbons (Fsp3) is 0.355. The number of amides is 2. The van der Waals surface area contributed by atoms with Gasteiger partial charge >= 0.3 is 0 Å². The predicted molar refractivity (Wildman–Crippen MR) is 152 cm³/mol. The molecule has 3 aromatic rings. The lowest BCUT2D eigenvalue weighted by atomic mass is 9.53. The van der Waals surface area contributed by atoms with Crippen molar-refractivity contribution in [1.29, 1.82) is 0 Å². The number of primary amides is 1. The van der Waals surface area contributed by atoms with E-state index < -0.39 is 5.41 Å². The molecule has 5 nitrogen and oxygen atoms in total. The Hall–Kier alpha value is -2.86. The molecule has 7 heteroatoms. The van der Waals surface area contributed by atoms with Crippen molar-refractivity contribution < 1.29 is 9.59 Å². The van der Waals surface area contributed by atoms with Gasteiger partial charge in [-0.2, -0.15) is 0 Å². The molecule has 2 aliphatic heterocycles. The molecule has 0 spiro atoms. The lowest BCUT2D eigenvalue weighted by Gasteiger charge is -2.54. The summed E-state index contributed by atoms with van der Waals surface area (Å²) in [4.78, 5) is 29.2. The number of nitrogens with zero attached hydrogens (tertiary/aromatic N) is 1. The van der Waals surface area contributed by atoms with Crippen molar-refractivity contribution in [2.24, 2.45) is 23.5 Å². The fourth-order valence-electron chi connectivity index (χ4n) is 6.83. The zero-order valence-corrected chi connectivity index (χ0v) is 23.0. The molecule has 0 bridgehead atoms. The highest BCUT2D eigenvalue weighted by Crippen LogP contribution is 2.53. The van der Waals surface area contributed by atoms with E-state index in [0.29, 0.717) is 29.7 Å². The van der Waals surface area contributed by atoms with Gasteiger partial charge < -0.3 is 11.1 Å². The number of rotatable bonds is 7. The summed E-state index contributed by atoms with van der Waals surface area (Å²) in [5.74, 6) is -1.12. The Balaban J connectivity index is 1.70. The molecule has 3 N–H and O–H groups in total. The number of hydrogen-bond acceptors (Lipinski definition) is 3. The second kappa shape index (κ2) is 11.1. The summed E-state index contributed by atoms with van der Waals surface area (Å²) in [5, 5.41) is 3.90. The van der Waals surface area contributed by atoms with Gasteiger partial charge in [0.2, 0.25) is 11.8 Å². The third-order valence-electron chi connectivity index (χ3n) is 8.65. The van der Waals surface area contributed by atoms with E-state index in [0.717, 1.165) is 24.1 Å². The van der Waals surface area contributed by atoms with Gasteiger partial charge in [0.1, 0.15) is 0 Å². The van der Waals surface area contributed by atoms with Crippen LogP contribution in [0.2, 0.25) is 10.0 Å². The molecule has 2 saturated heterocycles. The lowest BCUT2D eigenvalue weighted by Crippen LogP contribution is -2.63. The third-order valence-corrected chi connectivity index (χ3v) is 9.38. The smallest absolute Gasteiger partial charge is 0.229 e. The second-order valence-electron chi connectivity index (χ2n) is 10.7. The van der Waals surface area contributed by atoms with E-state index in [2.05, 4.69) is 29.3 Å². The molecule has 0 aromatic heterocycles. The van der Waals surface area contributed by atoms with Crippen LogP contribution in [0.1, 0.15) is 36.0 Å². The Morgan fingerprint density at radius 3 is 2.32 bits per heavy atom. The molecule has 0 saturated carbocycles. The lowest BCUT2D eigenvalue weighted by molar-refractivity contribution is -0.134. The van der Waals surface area contributed by atoms with Gasteiger partial charge in [0.25, 0.3) is 0 Å². The number of benzene rings is 3. The Morgan fingerprint density at radius 2 is 1.71 bits per heavy atom. The van der Waals surface area contributed by atoms with E-state index >= 15 is 0 Å². The third kappa shape index (κ3) is 4.84. The number of hydrogen-bond donors (Lipinski definition) is 2. The predicted octanol–water partition coefficient (Wildman–Crippen LogP) is 5.40. The van der Waals surface area contributed by atoms with Crippen LogP contribution in [-0.4, -0.2) is 36.3 Å². The number of carbonyl (C=O) groups excluding carboxylic acids is 2. The number of likely N-dealkylation sites (tertiary alicyclic amines) is 1. The van der Waals surface area contributed by atoms with E-state index in [-0.39, 0.29) is 35.5 Å². The molecule has 3 aromatic carbocycles. The molecular weight excluding hydrogens is 517 g/mol. The molecule has 0 radical (unpaired) electrons. The Bertz CT molecular complexity index is 1300. The average Bonchev–Trinajstić information content (AvgIpc) is 3.36. The van der Waals surface area contributed by atoms with Crippen LogP contribution in [0.5, 0.6) is 0 Å². The molecule has 2 fully saturated rings. The van der Waals surface area contributed by atoms with Gasteiger partial charge in [0.05, 0.1) is 15.5 Å². The van der Waals surface area contributed by atoms with E-state index in [9.17, 15) is 9.59 Å². The van der Waals surface area contributed by atoms with Gasteiger partial charge in [-0.3, -0.25) is 14.5 Å². The van der Waals surface area contributed by atoms with Crippen LogP contribution in [-0.2, 0) is 21.5 Å². The Kier molecular flexibility index (Phi) is 7.80. The molecule has 38 heavy (non-hydrogen) atoms. The maximum atomic E-state index is 13.9. The average molecular weight is 551 g/mol. The molecule has 2 amide bonds. The van der Waals surface area contributed by atoms with E-state index in [1.54, 1.807) is 6.07 Å². The van der Waals surface area contributed by atoms with Crippen LogP contribution in [0.15, 0.2) is 78.9 Å². The summed E-state index contributed by atoms with van der Waals surface area (Å²) < 4.78 is 0. The minimum Gasteiger partial charge on any atom is -0.369 e. The van der Waals surface area contributed by atoms with E-state index in [4.69, 9.17) is 28.9 Å². The summed E-state index contributed by atoms with van der Waals surface area (Å²) in [6.45, 7) is 4.72. The number of nitrogens with two attached hydrogens (primary N) is 1. The van der Waals surface area contributed by atoms with Crippen LogP contribution in [0.4, 0.5) is 0 Å². The van der Waals surface area contributed by atoms with Crippen molar-refractivity contribution >= 4 is 35.0 Å². The first-order chi connectivity index (χ1) is 18.3. The Labute approximate surface area is 234 Å². The monoisotopic (exact) mass is 549 g/mol. The zero-order chi connectivity index (χ0) is 26.9. The number of nitrogens with one attached hydrogen (secondary N) is 1. The summed E-state index contributed by atoms with van der Waals surface area (Å²) in [5.41, 5.74) is 8.40. The summed E-state index contributed by atoms with van der Waals surface area (Å²) >= 11 is 12.8. The van der Waals surface area contributed by atoms with Crippen LogP contribution < -0.4 is 11.1 Å². The van der Waals surface area contributed by atoms with Crippen LogP contribution in [0, 0.1) is 17.8 Å². The first-order valence-electron chi connectivity index (χ1n) is 13.2. The normalized spacial score (nSPS) is 26.6. The summed E-state index contributed by atoms with van der Waals surface area (Å²) in [7, 11) is 0. The molecule has 2 aliphatic rings. The standard InChI is InChI=1S/C31H33Cl2N3O2/c1-20(24-14-15-35-29(24)37)25-18-36(17-21-8-4-2-5-9-21)19-26(22-12-13-27(32)28(33)16-22)31(25,30(34)38)23-10-6-3-7-11-23/h2-13,16,20,24-26H,14-15,17-19H2,1H3,(H2,34,38)(H,35,37). The maximum absolute atomic E-state index is 13.9. The summed E-state index contributed by atoms with van der Waals surface area (Å²) in [6, 6.07) is 25.8. The highest BCUT2D eigenvalue weighted by molar-refractivity contribution is 6.42. The van der Waals surface area contributed by atoms with Crippen LogP contribution >= 0.6 is 23.2 Å². The Morgan fingerprint density at radius 1 is 1.03 bits per heavy atom. The second-order valence-corrected chi connectivity index (χ2v) is 11.5. The van der Waals surface area contributed by atoms with Crippen molar-refractivity contribution in [3.8, 4) is 0 Å². The quantitative estimate of drug-likeness (QED) is 0.414. The molecule has 0 aliphatic carbocycles. The highest BCUT2D eigenvalue weighted by Gasteiger charge is 2.58. The SMILES string of the molecule is CC(C1CCNC1=O)C1CN(Cc2ccccc2)CC(c2ccc(Cl)c(Cl)c2)C1(C(N)=O)c1ccccc1. The highest BCUT2D eigenvalue weighted by atomic mass is 35.5. The molecule has 5 rings (SSSR count). The van der Waals surface area contributed by atoms with Gasteiger partial charge in [-0.05, 0) is 47.1 Å². The van der Waals surface area contributed by atoms with Gasteiger partial charge in [-0.15, -0.1) is 0 Å². The first kappa shape index (κ1) is 26.7. The minimum absolute atomic E-state index is 0.0511. The van der Waals surface area contributed by atoms with Gasteiger partial charge in [0, 0.05) is 38.0 Å². The van der Waals surface area contributed by atoms with Crippen LogP contribution in [0.25, 0.3) is 0 Å². The van der Waals surface area contributed by atoms with Crippen molar-refractivity contribution in [1.82, 2.24) is 10.2 Å². The molecule has 198 valence electrons. The number of carbonyl (C=O) groups is 2. The largest absolute Gasteiger partial charge is 0.369 e.